The normalized spacial score (nSPS) is 10.6. The summed E-state index contributed by atoms with van der Waals surface area (Å²) in [5, 5.41) is 0.523. The number of rotatable bonds is 2. The highest BCUT2D eigenvalue weighted by atomic mass is 127. The fourth-order valence-electron chi connectivity index (χ4n) is 1.43. The van der Waals surface area contributed by atoms with E-state index in [9.17, 15) is 0 Å². The number of hydrogen-bond acceptors (Lipinski definition) is 2. The van der Waals surface area contributed by atoms with Crippen LogP contribution < -0.4 is 0 Å². The second kappa shape index (κ2) is 5.63. The number of halogens is 3. The third kappa shape index (κ3) is 2.98. The monoisotopic (exact) mass is 422 g/mol. The van der Waals surface area contributed by atoms with Crippen molar-refractivity contribution in [3.63, 3.8) is 0 Å². The molecule has 0 fully saturated rings. The molecule has 0 N–H and O–H groups in total. The maximum absolute atomic E-state index is 6.11. The van der Waals surface area contributed by atoms with Gasteiger partial charge in [-0.3, -0.25) is 0 Å². The smallest absolute Gasteiger partial charge is 0.161 e. The summed E-state index contributed by atoms with van der Waals surface area (Å²) in [5.41, 5.74) is 1.96. The van der Waals surface area contributed by atoms with Gasteiger partial charge in [-0.15, -0.1) is 0 Å². The molecule has 2 nitrogen and oxygen atoms in total. The van der Waals surface area contributed by atoms with Gasteiger partial charge in [0.25, 0.3) is 0 Å². The Morgan fingerprint density at radius 2 is 1.88 bits per heavy atom. The first-order chi connectivity index (χ1) is 8.11. The molecule has 17 heavy (non-hydrogen) atoms. The molecular formula is C12H9BrClIN2. The fraction of sp³-hybridized carbons (Fsp3) is 0.167. The van der Waals surface area contributed by atoms with E-state index in [-0.39, 0.29) is 0 Å². The Morgan fingerprint density at radius 1 is 1.24 bits per heavy atom. The largest absolute Gasteiger partial charge is 0.232 e. The van der Waals surface area contributed by atoms with E-state index < -0.39 is 0 Å². The second-order valence-corrected chi connectivity index (χ2v) is 5.81. The van der Waals surface area contributed by atoms with Crippen molar-refractivity contribution in [2.45, 2.75) is 13.3 Å². The van der Waals surface area contributed by atoms with Crippen LogP contribution >= 0.6 is 50.1 Å². The molecule has 2 aromatic rings. The van der Waals surface area contributed by atoms with Crippen molar-refractivity contribution in [2.24, 2.45) is 0 Å². The van der Waals surface area contributed by atoms with Crippen molar-refractivity contribution in [1.82, 2.24) is 9.97 Å². The van der Waals surface area contributed by atoms with Crippen LogP contribution in [0.3, 0.4) is 0 Å². The highest BCUT2D eigenvalue weighted by Crippen LogP contribution is 2.25. The van der Waals surface area contributed by atoms with Gasteiger partial charge in [-0.25, -0.2) is 9.97 Å². The number of hydrogen-bond donors (Lipinski definition) is 0. The average Bonchev–Trinajstić information content (AvgIpc) is 2.33. The van der Waals surface area contributed by atoms with E-state index in [1.54, 1.807) is 0 Å². The molecule has 0 saturated carbocycles. The summed E-state index contributed by atoms with van der Waals surface area (Å²) < 4.78 is 1.97. The molecule has 0 aliphatic carbocycles. The molecule has 0 atom stereocenters. The molecule has 0 aliphatic rings. The zero-order valence-electron chi connectivity index (χ0n) is 9.04. The molecule has 0 aliphatic heterocycles. The average molecular weight is 423 g/mol. The molecule has 1 aromatic heterocycles. The van der Waals surface area contributed by atoms with Crippen molar-refractivity contribution in [1.29, 1.82) is 0 Å². The lowest BCUT2D eigenvalue weighted by atomic mass is 10.2. The van der Waals surface area contributed by atoms with Gasteiger partial charge in [-0.1, -0.05) is 46.6 Å². The summed E-state index contributed by atoms with van der Waals surface area (Å²) in [7, 11) is 0. The van der Waals surface area contributed by atoms with Crippen LogP contribution in [0.15, 0.2) is 28.7 Å². The van der Waals surface area contributed by atoms with Crippen LogP contribution in [0.5, 0.6) is 0 Å². The molecule has 0 spiro atoms. The SMILES string of the molecule is CCc1nc(-c2ccc(Br)cc2)nc(Cl)c1I. The molecule has 0 amide bonds. The summed E-state index contributed by atoms with van der Waals surface area (Å²) in [6.07, 6.45) is 0.851. The Morgan fingerprint density at radius 3 is 2.47 bits per heavy atom. The molecule has 1 aromatic carbocycles. The maximum Gasteiger partial charge on any atom is 0.161 e. The zero-order chi connectivity index (χ0) is 12.4. The number of aryl methyl sites for hydroxylation is 1. The lowest BCUT2D eigenvalue weighted by Crippen LogP contribution is -1.99. The number of nitrogens with zero attached hydrogens (tertiary/aromatic N) is 2. The highest BCUT2D eigenvalue weighted by molar-refractivity contribution is 14.1. The van der Waals surface area contributed by atoms with Gasteiger partial charge < -0.3 is 0 Å². The van der Waals surface area contributed by atoms with E-state index in [0.29, 0.717) is 11.0 Å². The van der Waals surface area contributed by atoms with Crippen LogP contribution in [0.4, 0.5) is 0 Å². The quantitative estimate of drug-likeness (QED) is 0.516. The summed E-state index contributed by atoms with van der Waals surface area (Å²) in [4.78, 5) is 8.85. The van der Waals surface area contributed by atoms with Crippen LogP contribution in [0.1, 0.15) is 12.6 Å². The maximum atomic E-state index is 6.11. The molecule has 0 saturated heterocycles. The zero-order valence-corrected chi connectivity index (χ0v) is 13.5. The standard InChI is InChI=1S/C12H9BrClIN2/c1-2-9-10(15)11(14)17-12(16-9)7-3-5-8(13)6-4-7/h3-6H,2H2,1H3. The summed E-state index contributed by atoms with van der Waals surface area (Å²) in [6, 6.07) is 7.89. The minimum absolute atomic E-state index is 0.523. The summed E-state index contributed by atoms with van der Waals surface area (Å²) in [6.45, 7) is 2.06. The molecule has 5 heteroatoms. The van der Waals surface area contributed by atoms with E-state index in [2.05, 4.69) is 55.4 Å². The van der Waals surface area contributed by atoms with Crippen LogP contribution in [-0.2, 0) is 6.42 Å². The van der Waals surface area contributed by atoms with Gasteiger partial charge in [0.2, 0.25) is 0 Å². The van der Waals surface area contributed by atoms with Gasteiger partial charge in [0.05, 0.1) is 9.26 Å². The third-order valence-electron chi connectivity index (χ3n) is 2.32. The van der Waals surface area contributed by atoms with Crippen molar-refractivity contribution in [3.8, 4) is 11.4 Å². The lowest BCUT2D eigenvalue weighted by Gasteiger charge is -2.06. The minimum Gasteiger partial charge on any atom is -0.232 e. The predicted molar refractivity (Wildman–Crippen MR) is 82.3 cm³/mol. The Balaban J connectivity index is 2.52. The Hall–Kier alpha value is -0.200. The van der Waals surface area contributed by atoms with Crippen LogP contribution in [0.25, 0.3) is 11.4 Å². The van der Waals surface area contributed by atoms with E-state index in [1.165, 1.54) is 0 Å². The second-order valence-electron chi connectivity index (χ2n) is 3.46. The summed E-state index contributed by atoms with van der Waals surface area (Å²) >= 11 is 11.7. The molecule has 1 heterocycles. The first-order valence-corrected chi connectivity index (χ1v) is 7.34. The van der Waals surface area contributed by atoms with Gasteiger partial charge in [-0.05, 0) is 41.1 Å². The predicted octanol–water partition coefficient (Wildman–Crippen LogP) is 4.73. The van der Waals surface area contributed by atoms with E-state index in [4.69, 9.17) is 11.6 Å². The molecule has 88 valence electrons. The van der Waals surface area contributed by atoms with Crippen LogP contribution in [-0.4, -0.2) is 9.97 Å². The van der Waals surface area contributed by atoms with Crippen molar-refractivity contribution in [3.05, 3.63) is 43.2 Å². The lowest BCUT2D eigenvalue weighted by molar-refractivity contribution is 0.989. The van der Waals surface area contributed by atoms with Crippen molar-refractivity contribution < 1.29 is 0 Å². The third-order valence-corrected chi connectivity index (χ3v) is 4.57. The van der Waals surface area contributed by atoms with Crippen molar-refractivity contribution in [2.75, 3.05) is 0 Å². The first kappa shape index (κ1) is 13.2. The Kier molecular flexibility index (Phi) is 4.38. The first-order valence-electron chi connectivity index (χ1n) is 5.09. The topological polar surface area (TPSA) is 25.8 Å². The molecule has 0 radical (unpaired) electrons. The Labute approximate surface area is 127 Å². The van der Waals surface area contributed by atoms with Crippen LogP contribution in [0, 0.1) is 3.57 Å². The van der Waals surface area contributed by atoms with Gasteiger partial charge in [0.1, 0.15) is 5.15 Å². The summed E-state index contributed by atoms with van der Waals surface area (Å²) in [5.74, 6) is 0.680. The number of aromatic nitrogens is 2. The van der Waals surface area contributed by atoms with Crippen molar-refractivity contribution >= 4 is 50.1 Å². The molecule has 0 unspecified atom stereocenters. The van der Waals surface area contributed by atoms with Gasteiger partial charge in [0, 0.05) is 10.0 Å². The Bertz CT molecular complexity index is 543. The highest BCUT2D eigenvalue weighted by Gasteiger charge is 2.10. The number of benzene rings is 1. The van der Waals surface area contributed by atoms with Gasteiger partial charge >= 0.3 is 0 Å². The van der Waals surface area contributed by atoms with Crippen LogP contribution in [0.2, 0.25) is 5.15 Å². The van der Waals surface area contributed by atoms with E-state index >= 15 is 0 Å². The molecular weight excluding hydrogens is 414 g/mol. The molecule has 2 rings (SSSR count). The van der Waals surface area contributed by atoms with E-state index in [1.807, 2.05) is 24.3 Å². The van der Waals surface area contributed by atoms with E-state index in [0.717, 1.165) is 25.7 Å². The fourth-order valence-corrected chi connectivity index (χ4v) is 2.50. The van der Waals surface area contributed by atoms with Gasteiger partial charge in [-0.2, -0.15) is 0 Å². The molecule has 0 bridgehead atoms. The minimum atomic E-state index is 0.523. The van der Waals surface area contributed by atoms with Gasteiger partial charge in [0.15, 0.2) is 5.82 Å².